The molecule has 0 bridgehead atoms. The van der Waals surface area contributed by atoms with Gasteiger partial charge in [0, 0.05) is 31.9 Å². The lowest BCUT2D eigenvalue weighted by molar-refractivity contribution is -0.130. The number of hydrogen-bond acceptors (Lipinski definition) is 4. The summed E-state index contributed by atoms with van der Waals surface area (Å²) >= 11 is 0. The van der Waals surface area contributed by atoms with Crippen LogP contribution in [0, 0.1) is 6.92 Å². The number of aryl methyl sites for hydroxylation is 2. The molecule has 0 saturated carbocycles. The molecule has 1 aliphatic heterocycles. The molecule has 0 aromatic heterocycles. The van der Waals surface area contributed by atoms with Crippen LogP contribution in [-0.2, 0) is 16.0 Å². The lowest BCUT2D eigenvalue weighted by Gasteiger charge is -2.34. The lowest BCUT2D eigenvalue weighted by Crippen LogP contribution is -2.51. The molecule has 1 aliphatic rings. The number of carbonyl (C=O) groups is 2. The van der Waals surface area contributed by atoms with Crippen LogP contribution >= 0.6 is 0 Å². The van der Waals surface area contributed by atoms with Gasteiger partial charge in [0.05, 0.1) is 13.2 Å². The van der Waals surface area contributed by atoms with E-state index in [2.05, 4.69) is 18.3 Å². The van der Waals surface area contributed by atoms with Crippen LogP contribution in [0.5, 0.6) is 0 Å². The maximum Gasteiger partial charge on any atom is 0.409 e. The topological polar surface area (TPSA) is 61.9 Å². The van der Waals surface area contributed by atoms with E-state index in [4.69, 9.17) is 4.74 Å². The Hall–Kier alpha value is -2.24. The summed E-state index contributed by atoms with van der Waals surface area (Å²) in [5, 5.41) is 3.29. The molecule has 6 heteroatoms. The average Bonchev–Trinajstić information content (AvgIpc) is 2.60. The first-order valence-corrected chi connectivity index (χ1v) is 8.58. The molecule has 2 rings (SSSR count). The normalized spacial score (nSPS) is 14.5. The SMILES string of the molecule is CCOC(=O)N1CCN(C(=O)CNc2c(C)cccc2CC)CC1. The Labute approximate surface area is 143 Å². The minimum absolute atomic E-state index is 0.0591. The van der Waals surface area contributed by atoms with Crippen molar-refractivity contribution in [1.29, 1.82) is 0 Å². The van der Waals surface area contributed by atoms with Gasteiger partial charge < -0.3 is 19.9 Å². The maximum absolute atomic E-state index is 12.4. The number of piperazine rings is 1. The van der Waals surface area contributed by atoms with Gasteiger partial charge in [-0.05, 0) is 31.4 Å². The lowest BCUT2D eigenvalue weighted by atomic mass is 10.1. The first-order chi connectivity index (χ1) is 11.6. The van der Waals surface area contributed by atoms with E-state index in [-0.39, 0.29) is 18.5 Å². The maximum atomic E-state index is 12.4. The Kier molecular flexibility index (Phi) is 6.46. The molecular weight excluding hydrogens is 306 g/mol. The highest BCUT2D eigenvalue weighted by Crippen LogP contribution is 2.20. The summed E-state index contributed by atoms with van der Waals surface area (Å²) < 4.78 is 4.99. The molecule has 132 valence electrons. The second-order valence-electron chi connectivity index (χ2n) is 5.88. The van der Waals surface area contributed by atoms with Gasteiger partial charge in [0.25, 0.3) is 0 Å². The Balaban J connectivity index is 1.85. The molecule has 0 atom stereocenters. The van der Waals surface area contributed by atoms with E-state index in [1.807, 2.05) is 19.1 Å². The van der Waals surface area contributed by atoms with Crippen LogP contribution in [0.25, 0.3) is 0 Å². The number of rotatable bonds is 5. The highest BCUT2D eigenvalue weighted by molar-refractivity contribution is 5.82. The molecule has 1 aromatic carbocycles. The predicted molar refractivity (Wildman–Crippen MR) is 94.2 cm³/mol. The average molecular weight is 333 g/mol. The summed E-state index contributed by atoms with van der Waals surface area (Å²) in [6.07, 6.45) is 0.631. The number of amides is 2. The second kappa shape index (κ2) is 8.57. The van der Waals surface area contributed by atoms with Gasteiger partial charge in [-0.3, -0.25) is 4.79 Å². The Morgan fingerprint density at radius 1 is 1.12 bits per heavy atom. The van der Waals surface area contributed by atoms with Crippen LogP contribution in [0.15, 0.2) is 18.2 Å². The van der Waals surface area contributed by atoms with Crippen molar-refractivity contribution in [2.24, 2.45) is 0 Å². The van der Waals surface area contributed by atoms with Crippen molar-refractivity contribution in [1.82, 2.24) is 9.80 Å². The van der Waals surface area contributed by atoms with Gasteiger partial charge in [-0.25, -0.2) is 4.79 Å². The summed E-state index contributed by atoms with van der Waals surface area (Å²) in [7, 11) is 0. The molecule has 0 aliphatic carbocycles. The largest absolute Gasteiger partial charge is 0.450 e. The monoisotopic (exact) mass is 333 g/mol. The van der Waals surface area contributed by atoms with Crippen LogP contribution in [0.4, 0.5) is 10.5 Å². The minimum atomic E-state index is -0.296. The molecule has 2 amide bonds. The Morgan fingerprint density at radius 3 is 2.42 bits per heavy atom. The number of ether oxygens (including phenoxy) is 1. The van der Waals surface area contributed by atoms with E-state index >= 15 is 0 Å². The number of para-hydroxylation sites is 1. The van der Waals surface area contributed by atoms with Gasteiger partial charge in [-0.15, -0.1) is 0 Å². The third-order valence-electron chi connectivity index (χ3n) is 4.31. The van der Waals surface area contributed by atoms with E-state index in [1.165, 1.54) is 5.56 Å². The molecule has 0 radical (unpaired) electrons. The van der Waals surface area contributed by atoms with Gasteiger partial charge >= 0.3 is 6.09 Å². The number of nitrogens with zero attached hydrogens (tertiary/aromatic N) is 2. The smallest absolute Gasteiger partial charge is 0.409 e. The summed E-state index contributed by atoms with van der Waals surface area (Å²) in [5.41, 5.74) is 3.42. The first kappa shape index (κ1) is 18.1. The van der Waals surface area contributed by atoms with E-state index in [1.54, 1.807) is 16.7 Å². The zero-order valence-electron chi connectivity index (χ0n) is 14.8. The molecular formula is C18H27N3O3. The minimum Gasteiger partial charge on any atom is -0.450 e. The fourth-order valence-electron chi connectivity index (χ4n) is 2.91. The van der Waals surface area contributed by atoms with Gasteiger partial charge in [0.15, 0.2) is 0 Å². The molecule has 0 unspecified atom stereocenters. The third-order valence-corrected chi connectivity index (χ3v) is 4.31. The fourth-order valence-corrected chi connectivity index (χ4v) is 2.91. The second-order valence-corrected chi connectivity index (χ2v) is 5.88. The van der Waals surface area contributed by atoms with E-state index in [0.717, 1.165) is 17.7 Å². The summed E-state index contributed by atoms with van der Waals surface area (Å²) in [5.74, 6) is 0.0591. The Morgan fingerprint density at radius 2 is 1.79 bits per heavy atom. The molecule has 1 fully saturated rings. The van der Waals surface area contributed by atoms with Crippen LogP contribution in [0.2, 0.25) is 0 Å². The number of carbonyl (C=O) groups excluding carboxylic acids is 2. The van der Waals surface area contributed by atoms with Crippen molar-refractivity contribution < 1.29 is 14.3 Å². The highest BCUT2D eigenvalue weighted by Gasteiger charge is 2.24. The molecule has 6 nitrogen and oxygen atoms in total. The number of benzene rings is 1. The standard InChI is InChI=1S/C18H27N3O3/c1-4-15-8-6-7-14(3)17(15)19-13-16(22)20-9-11-21(12-10-20)18(23)24-5-2/h6-8,19H,4-5,9-13H2,1-3H3. The van der Waals surface area contributed by atoms with Crippen molar-refractivity contribution in [2.75, 3.05) is 44.6 Å². The Bertz CT molecular complexity index is 581. The van der Waals surface area contributed by atoms with Crippen LogP contribution < -0.4 is 5.32 Å². The highest BCUT2D eigenvalue weighted by atomic mass is 16.6. The molecule has 24 heavy (non-hydrogen) atoms. The van der Waals surface area contributed by atoms with E-state index in [9.17, 15) is 9.59 Å². The van der Waals surface area contributed by atoms with Crippen molar-refractivity contribution in [3.05, 3.63) is 29.3 Å². The van der Waals surface area contributed by atoms with Crippen LogP contribution in [0.3, 0.4) is 0 Å². The molecule has 1 saturated heterocycles. The predicted octanol–water partition coefficient (Wildman–Crippen LogP) is 2.27. The first-order valence-electron chi connectivity index (χ1n) is 8.58. The summed E-state index contributed by atoms with van der Waals surface area (Å²) in [6, 6.07) is 6.16. The molecule has 1 aromatic rings. The zero-order chi connectivity index (χ0) is 17.5. The fraction of sp³-hybridized carbons (Fsp3) is 0.556. The quantitative estimate of drug-likeness (QED) is 0.898. The molecule has 1 N–H and O–H groups in total. The number of hydrogen-bond donors (Lipinski definition) is 1. The molecule has 1 heterocycles. The van der Waals surface area contributed by atoms with Gasteiger partial charge in [-0.2, -0.15) is 0 Å². The van der Waals surface area contributed by atoms with Crippen molar-refractivity contribution >= 4 is 17.7 Å². The van der Waals surface area contributed by atoms with Crippen molar-refractivity contribution in [3.63, 3.8) is 0 Å². The third kappa shape index (κ3) is 4.40. The van der Waals surface area contributed by atoms with E-state index < -0.39 is 0 Å². The van der Waals surface area contributed by atoms with Gasteiger partial charge in [0.2, 0.25) is 5.91 Å². The number of anilines is 1. The number of nitrogens with one attached hydrogen (secondary N) is 1. The van der Waals surface area contributed by atoms with Gasteiger partial charge in [-0.1, -0.05) is 25.1 Å². The zero-order valence-corrected chi connectivity index (χ0v) is 14.8. The van der Waals surface area contributed by atoms with E-state index in [0.29, 0.717) is 32.8 Å². The van der Waals surface area contributed by atoms with Crippen LogP contribution in [0.1, 0.15) is 25.0 Å². The summed E-state index contributed by atoms with van der Waals surface area (Å²) in [4.78, 5) is 27.5. The van der Waals surface area contributed by atoms with Crippen molar-refractivity contribution in [3.8, 4) is 0 Å². The van der Waals surface area contributed by atoms with Crippen LogP contribution in [-0.4, -0.2) is 61.1 Å². The molecule has 0 spiro atoms. The summed E-state index contributed by atoms with van der Waals surface area (Å²) in [6.45, 7) is 8.74. The van der Waals surface area contributed by atoms with Gasteiger partial charge in [0.1, 0.15) is 0 Å². The van der Waals surface area contributed by atoms with Crippen molar-refractivity contribution in [2.45, 2.75) is 27.2 Å².